The predicted octanol–water partition coefficient (Wildman–Crippen LogP) is 0.317. The van der Waals surface area contributed by atoms with Crippen molar-refractivity contribution in [3.05, 3.63) is 16.7 Å². The highest BCUT2D eigenvalue weighted by atomic mass is 16.3. The molecule has 1 fully saturated rings. The number of nitrogens with one attached hydrogen (secondary N) is 2. The third-order valence-electron chi connectivity index (χ3n) is 3.52. The summed E-state index contributed by atoms with van der Waals surface area (Å²) in [5.41, 5.74) is 5.29. The van der Waals surface area contributed by atoms with Crippen LogP contribution in [0.4, 0.5) is 11.5 Å². The number of aromatic amines is 1. The summed E-state index contributed by atoms with van der Waals surface area (Å²) in [5.74, 6) is 0.397. The van der Waals surface area contributed by atoms with Gasteiger partial charge in [0.05, 0.1) is 12.9 Å². The van der Waals surface area contributed by atoms with E-state index in [0.29, 0.717) is 12.4 Å². The molecule has 6 nitrogen and oxygen atoms in total. The molecule has 0 radical (unpaired) electrons. The maximum atomic E-state index is 11.3. The third kappa shape index (κ3) is 2.41. The van der Waals surface area contributed by atoms with Gasteiger partial charge in [-0.1, -0.05) is 12.8 Å². The minimum atomic E-state index is -0.341. The van der Waals surface area contributed by atoms with Gasteiger partial charge in [-0.25, -0.2) is 4.98 Å². The van der Waals surface area contributed by atoms with E-state index in [4.69, 9.17) is 5.73 Å². The van der Waals surface area contributed by atoms with Crippen molar-refractivity contribution < 1.29 is 5.11 Å². The van der Waals surface area contributed by atoms with Crippen molar-refractivity contribution in [2.24, 2.45) is 5.41 Å². The molecule has 17 heavy (non-hydrogen) atoms. The van der Waals surface area contributed by atoms with E-state index in [1.165, 1.54) is 6.33 Å². The van der Waals surface area contributed by atoms with Gasteiger partial charge in [0.1, 0.15) is 5.69 Å². The molecule has 0 atom stereocenters. The van der Waals surface area contributed by atoms with Crippen LogP contribution in [-0.4, -0.2) is 28.2 Å². The van der Waals surface area contributed by atoms with Crippen molar-refractivity contribution in [3.8, 4) is 0 Å². The molecule has 1 aliphatic rings. The summed E-state index contributed by atoms with van der Waals surface area (Å²) in [6.07, 6.45) is 5.60. The summed E-state index contributed by atoms with van der Waals surface area (Å²) in [4.78, 5) is 17.7. The van der Waals surface area contributed by atoms with Gasteiger partial charge < -0.3 is 21.1 Å². The molecule has 0 aliphatic heterocycles. The van der Waals surface area contributed by atoms with Crippen LogP contribution in [0, 0.1) is 5.41 Å². The molecule has 0 aromatic carbocycles. The summed E-state index contributed by atoms with van der Waals surface area (Å²) >= 11 is 0. The molecule has 0 amide bonds. The molecule has 0 saturated heterocycles. The second kappa shape index (κ2) is 4.75. The van der Waals surface area contributed by atoms with Crippen LogP contribution in [0.15, 0.2) is 11.1 Å². The van der Waals surface area contributed by atoms with E-state index in [0.717, 1.165) is 25.7 Å². The summed E-state index contributed by atoms with van der Waals surface area (Å²) in [7, 11) is 0. The number of hydrogen-bond donors (Lipinski definition) is 4. The molecular formula is C11H18N4O2. The molecule has 1 aromatic rings. The van der Waals surface area contributed by atoms with Crippen molar-refractivity contribution in [2.45, 2.75) is 25.7 Å². The van der Waals surface area contributed by atoms with Gasteiger partial charge in [-0.15, -0.1) is 0 Å². The smallest absolute Gasteiger partial charge is 0.276 e. The fourth-order valence-electron chi connectivity index (χ4n) is 2.34. The fourth-order valence-corrected chi connectivity index (χ4v) is 2.34. The van der Waals surface area contributed by atoms with E-state index in [1.807, 2.05) is 0 Å². The Morgan fingerprint density at radius 3 is 2.88 bits per heavy atom. The van der Waals surface area contributed by atoms with Gasteiger partial charge in [0.2, 0.25) is 0 Å². The SMILES string of the molecule is Nc1c(NCC2(CO)CCCC2)nc[nH]c1=O. The second-order valence-corrected chi connectivity index (χ2v) is 4.71. The third-order valence-corrected chi connectivity index (χ3v) is 3.52. The van der Waals surface area contributed by atoms with Crippen LogP contribution in [0.1, 0.15) is 25.7 Å². The topological polar surface area (TPSA) is 104 Å². The highest BCUT2D eigenvalue weighted by Crippen LogP contribution is 2.37. The Morgan fingerprint density at radius 2 is 2.24 bits per heavy atom. The maximum Gasteiger partial charge on any atom is 0.276 e. The van der Waals surface area contributed by atoms with Crippen LogP contribution in [0.3, 0.4) is 0 Å². The first-order valence-corrected chi connectivity index (χ1v) is 5.85. The predicted molar refractivity (Wildman–Crippen MR) is 65.7 cm³/mol. The first kappa shape index (κ1) is 11.9. The Morgan fingerprint density at radius 1 is 1.53 bits per heavy atom. The molecule has 6 heteroatoms. The normalized spacial score (nSPS) is 18.2. The van der Waals surface area contributed by atoms with E-state index >= 15 is 0 Å². The van der Waals surface area contributed by atoms with Gasteiger partial charge in [0.25, 0.3) is 5.56 Å². The molecule has 1 aromatic heterocycles. The Kier molecular flexibility index (Phi) is 3.33. The Bertz CT molecular complexity index is 437. The lowest BCUT2D eigenvalue weighted by molar-refractivity contribution is 0.142. The van der Waals surface area contributed by atoms with Gasteiger partial charge in [0.15, 0.2) is 5.82 Å². The largest absolute Gasteiger partial charge is 0.396 e. The van der Waals surface area contributed by atoms with E-state index in [-0.39, 0.29) is 23.3 Å². The van der Waals surface area contributed by atoms with Crippen LogP contribution in [0.5, 0.6) is 0 Å². The number of aliphatic hydroxyl groups is 1. The van der Waals surface area contributed by atoms with Crippen LogP contribution in [0.2, 0.25) is 0 Å². The van der Waals surface area contributed by atoms with Crippen molar-refractivity contribution in [1.82, 2.24) is 9.97 Å². The van der Waals surface area contributed by atoms with E-state index < -0.39 is 0 Å². The van der Waals surface area contributed by atoms with Crippen molar-refractivity contribution >= 4 is 11.5 Å². The second-order valence-electron chi connectivity index (χ2n) is 4.71. The van der Waals surface area contributed by atoms with Crippen molar-refractivity contribution in [3.63, 3.8) is 0 Å². The van der Waals surface area contributed by atoms with Crippen molar-refractivity contribution in [2.75, 3.05) is 24.2 Å². The lowest BCUT2D eigenvalue weighted by Gasteiger charge is -2.26. The Balaban J connectivity index is 2.06. The van der Waals surface area contributed by atoms with Gasteiger partial charge in [-0.05, 0) is 12.8 Å². The van der Waals surface area contributed by atoms with Crippen LogP contribution < -0.4 is 16.6 Å². The summed E-state index contributed by atoms with van der Waals surface area (Å²) in [6, 6.07) is 0. The fraction of sp³-hybridized carbons (Fsp3) is 0.636. The highest BCUT2D eigenvalue weighted by molar-refractivity contribution is 5.58. The van der Waals surface area contributed by atoms with Crippen LogP contribution in [-0.2, 0) is 0 Å². The number of aliphatic hydroxyl groups excluding tert-OH is 1. The average molecular weight is 238 g/mol. The first-order valence-electron chi connectivity index (χ1n) is 5.85. The average Bonchev–Trinajstić information content (AvgIpc) is 2.81. The van der Waals surface area contributed by atoms with Gasteiger partial charge in [-0.2, -0.15) is 0 Å². The summed E-state index contributed by atoms with van der Waals surface area (Å²) in [5, 5.41) is 12.5. The number of anilines is 2. The lowest BCUT2D eigenvalue weighted by Crippen LogP contribution is -2.31. The Hall–Kier alpha value is -1.56. The highest BCUT2D eigenvalue weighted by Gasteiger charge is 2.33. The molecule has 1 heterocycles. The lowest BCUT2D eigenvalue weighted by atomic mass is 9.87. The van der Waals surface area contributed by atoms with Crippen LogP contribution >= 0.6 is 0 Å². The minimum Gasteiger partial charge on any atom is -0.396 e. The van der Waals surface area contributed by atoms with E-state index in [2.05, 4.69) is 15.3 Å². The maximum absolute atomic E-state index is 11.3. The number of nitrogens with two attached hydrogens (primary N) is 1. The number of H-pyrrole nitrogens is 1. The molecule has 0 spiro atoms. The molecule has 94 valence electrons. The number of nitrogens with zero attached hydrogens (tertiary/aromatic N) is 1. The molecular weight excluding hydrogens is 220 g/mol. The quantitative estimate of drug-likeness (QED) is 0.604. The zero-order valence-electron chi connectivity index (χ0n) is 9.70. The summed E-state index contributed by atoms with van der Waals surface area (Å²) in [6.45, 7) is 0.757. The Labute approximate surface area is 99.3 Å². The molecule has 0 bridgehead atoms. The monoisotopic (exact) mass is 238 g/mol. The van der Waals surface area contributed by atoms with Gasteiger partial charge >= 0.3 is 0 Å². The van der Waals surface area contributed by atoms with E-state index in [1.54, 1.807) is 0 Å². The zero-order chi connectivity index (χ0) is 12.3. The molecule has 1 aliphatic carbocycles. The van der Waals surface area contributed by atoms with Gasteiger partial charge in [-0.3, -0.25) is 4.79 Å². The number of nitrogen functional groups attached to an aromatic ring is 1. The van der Waals surface area contributed by atoms with Gasteiger partial charge in [0, 0.05) is 12.0 Å². The number of aromatic nitrogens is 2. The minimum absolute atomic E-state index is 0.0866. The van der Waals surface area contributed by atoms with Crippen molar-refractivity contribution in [1.29, 1.82) is 0 Å². The molecule has 0 unspecified atom stereocenters. The standard InChI is InChI=1S/C11H18N4O2/c12-8-9(14-7-15-10(8)17)13-5-11(6-16)3-1-2-4-11/h7,16H,1-6,12H2,(H2,13,14,15,17). The zero-order valence-corrected chi connectivity index (χ0v) is 9.70. The van der Waals surface area contributed by atoms with E-state index in [9.17, 15) is 9.90 Å². The molecule has 1 saturated carbocycles. The molecule has 2 rings (SSSR count). The summed E-state index contributed by atoms with van der Waals surface area (Å²) < 4.78 is 0. The first-order chi connectivity index (χ1) is 8.17. The number of rotatable bonds is 4. The van der Waals surface area contributed by atoms with Crippen LogP contribution in [0.25, 0.3) is 0 Å². The number of hydrogen-bond acceptors (Lipinski definition) is 5. The molecule has 5 N–H and O–H groups in total.